The summed E-state index contributed by atoms with van der Waals surface area (Å²) in [6.45, 7) is 7.16. The molecule has 0 aromatic heterocycles. The molecule has 0 atom stereocenters. The van der Waals surface area contributed by atoms with Gasteiger partial charge in [0, 0.05) is 32.7 Å². The minimum Gasteiger partial charge on any atom is -0.506 e. The molecular weight excluding hydrogens is 212 g/mol. The molecule has 1 fully saturated rings. The van der Waals surface area contributed by atoms with Gasteiger partial charge in [0.05, 0.1) is 5.69 Å². The predicted octanol–water partition coefficient (Wildman–Crippen LogP) is 2.09. The van der Waals surface area contributed by atoms with E-state index in [1.807, 2.05) is 18.2 Å². The zero-order chi connectivity index (χ0) is 12.1. The summed E-state index contributed by atoms with van der Waals surface area (Å²) in [6, 6.07) is 7.57. The monoisotopic (exact) mass is 232 g/mol. The molecule has 17 heavy (non-hydrogen) atoms. The lowest BCUT2D eigenvalue weighted by molar-refractivity contribution is 0.283. The second kappa shape index (κ2) is 5.73. The summed E-state index contributed by atoms with van der Waals surface area (Å²) in [7, 11) is 0. The summed E-state index contributed by atoms with van der Waals surface area (Å²) < 4.78 is 0. The zero-order valence-electron chi connectivity index (χ0n) is 10.3. The molecular formula is C14H20N2O. The van der Waals surface area contributed by atoms with Crippen molar-refractivity contribution >= 4 is 5.69 Å². The van der Waals surface area contributed by atoms with Gasteiger partial charge in [-0.25, -0.2) is 0 Å². The fourth-order valence-corrected chi connectivity index (χ4v) is 2.16. The molecule has 1 aromatic carbocycles. The molecule has 1 aromatic rings. The highest BCUT2D eigenvalue weighted by atomic mass is 16.3. The number of phenolic OH excluding ortho intramolecular Hbond substituents is 1. The van der Waals surface area contributed by atoms with Crippen molar-refractivity contribution in [3.8, 4) is 5.75 Å². The van der Waals surface area contributed by atoms with E-state index in [1.54, 1.807) is 6.07 Å². The molecule has 1 N–H and O–H groups in total. The van der Waals surface area contributed by atoms with E-state index in [9.17, 15) is 5.11 Å². The van der Waals surface area contributed by atoms with Gasteiger partial charge in [-0.1, -0.05) is 24.3 Å². The SMILES string of the molecule is C/C=C/CN1CCN(c2ccccc2O)CC1. The third-order valence-corrected chi connectivity index (χ3v) is 3.19. The summed E-state index contributed by atoms with van der Waals surface area (Å²) in [5.41, 5.74) is 0.957. The number of piperazine rings is 1. The molecule has 1 aliphatic heterocycles. The minimum atomic E-state index is 0.384. The van der Waals surface area contributed by atoms with Crippen LogP contribution in [0.2, 0.25) is 0 Å². The van der Waals surface area contributed by atoms with E-state index in [0.717, 1.165) is 38.4 Å². The van der Waals surface area contributed by atoms with Crippen molar-refractivity contribution in [2.24, 2.45) is 0 Å². The van der Waals surface area contributed by atoms with Crippen molar-refractivity contribution in [1.29, 1.82) is 0 Å². The lowest BCUT2D eigenvalue weighted by Crippen LogP contribution is -2.46. The van der Waals surface area contributed by atoms with Crippen LogP contribution in [0.15, 0.2) is 36.4 Å². The number of hydrogen-bond acceptors (Lipinski definition) is 3. The van der Waals surface area contributed by atoms with E-state index in [2.05, 4.69) is 28.9 Å². The van der Waals surface area contributed by atoms with Crippen LogP contribution in [-0.2, 0) is 0 Å². The van der Waals surface area contributed by atoms with E-state index >= 15 is 0 Å². The largest absolute Gasteiger partial charge is 0.506 e. The first-order chi connectivity index (χ1) is 8.31. The van der Waals surface area contributed by atoms with Crippen molar-refractivity contribution in [3.63, 3.8) is 0 Å². The average molecular weight is 232 g/mol. The summed E-state index contributed by atoms with van der Waals surface area (Å²) >= 11 is 0. The molecule has 0 spiro atoms. The van der Waals surface area contributed by atoms with Crippen LogP contribution in [0.5, 0.6) is 5.75 Å². The van der Waals surface area contributed by atoms with Gasteiger partial charge in [-0.05, 0) is 19.1 Å². The molecule has 2 rings (SSSR count). The van der Waals surface area contributed by atoms with Gasteiger partial charge in [-0.3, -0.25) is 4.90 Å². The van der Waals surface area contributed by atoms with E-state index in [0.29, 0.717) is 5.75 Å². The van der Waals surface area contributed by atoms with Crippen molar-refractivity contribution in [3.05, 3.63) is 36.4 Å². The number of anilines is 1. The summed E-state index contributed by atoms with van der Waals surface area (Å²) in [6.07, 6.45) is 4.28. The van der Waals surface area contributed by atoms with Crippen LogP contribution in [0.25, 0.3) is 0 Å². The molecule has 1 heterocycles. The Morgan fingerprint density at radius 2 is 1.88 bits per heavy atom. The Morgan fingerprint density at radius 1 is 1.18 bits per heavy atom. The second-order valence-electron chi connectivity index (χ2n) is 4.35. The number of rotatable bonds is 3. The Kier molecular flexibility index (Phi) is 4.04. The highest BCUT2D eigenvalue weighted by Gasteiger charge is 2.17. The first-order valence-corrected chi connectivity index (χ1v) is 6.17. The number of aromatic hydroxyl groups is 1. The van der Waals surface area contributed by atoms with Crippen LogP contribution >= 0.6 is 0 Å². The van der Waals surface area contributed by atoms with Crippen LogP contribution in [-0.4, -0.2) is 42.7 Å². The van der Waals surface area contributed by atoms with Crippen LogP contribution in [0.1, 0.15) is 6.92 Å². The fourth-order valence-electron chi connectivity index (χ4n) is 2.16. The highest BCUT2D eigenvalue weighted by Crippen LogP contribution is 2.26. The van der Waals surface area contributed by atoms with Crippen LogP contribution in [0.3, 0.4) is 0 Å². The molecule has 3 nitrogen and oxygen atoms in total. The number of hydrogen-bond donors (Lipinski definition) is 1. The molecule has 0 radical (unpaired) electrons. The van der Waals surface area contributed by atoms with Gasteiger partial charge < -0.3 is 10.0 Å². The maximum atomic E-state index is 9.80. The van der Waals surface area contributed by atoms with Crippen molar-refractivity contribution < 1.29 is 5.11 Å². The van der Waals surface area contributed by atoms with Gasteiger partial charge in [-0.2, -0.15) is 0 Å². The molecule has 3 heteroatoms. The lowest BCUT2D eigenvalue weighted by atomic mass is 10.2. The molecule has 92 valence electrons. The first-order valence-electron chi connectivity index (χ1n) is 6.17. The average Bonchev–Trinajstić information content (AvgIpc) is 2.38. The molecule has 0 saturated carbocycles. The molecule has 0 amide bonds. The summed E-state index contributed by atoms with van der Waals surface area (Å²) in [4.78, 5) is 4.68. The van der Waals surface area contributed by atoms with Gasteiger partial charge >= 0.3 is 0 Å². The van der Waals surface area contributed by atoms with E-state index in [-0.39, 0.29) is 0 Å². The second-order valence-corrected chi connectivity index (χ2v) is 4.35. The molecule has 0 aliphatic carbocycles. The lowest BCUT2D eigenvalue weighted by Gasteiger charge is -2.35. The number of benzene rings is 1. The Labute approximate surface area is 103 Å². The van der Waals surface area contributed by atoms with E-state index in [4.69, 9.17) is 0 Å². The van der Waals surface area contributed by atoms with Crippen LogP contribution in [0.4, 0.5) is 5.69 Å². The highest BCUT2D eigenvalue weighted by molar-refractivity contribution is 5.57. The molecule has 0 bridgehead atoms. The number of nitrogens with zero attached hydrogens (tertiary/aromatic N) is 2. The molecule has 0 unspecified atom stereocenters. The predicted molar refractivity (Wildman–Crippen MR) is 71.6 cm³/mol. The van der Waals surface area contributed by atoms with Crippen molar-refractivity contribution in [2.45, 2.75) is 6.92 Å². The Balaban J connectivity index is 1.93. The smallest absolute Gasteiger partial charge is 0.138 e. The standard InChI is InChI=1S/C14H20N2O/c1-2-3-8-15-9-11-16(12-10-15)13-6-4-5-7-14(13)17/h2-7,17H,8-12H2,1H3/b3-2+. The Bertz CT molecular complexity index is 382. The number of para-hydroxylation sites is 2. The number of allylic oxidation sites excluding steroid dienone is 1. The maximum absolute atomic E-state index is 9.80. The van der Waals surface area contributed by atoms with Crippen molar-refractivity contribution in [2.75, 3.05) is 37.6 Å². The van der Waals surface area contributed by atoms with E-state index in [1.165, 1.54) is 0 Å². The van der Waals surface area contributed by atoms with E-state index < -0.39 is 0 Å². The fraction of sp³-hybridized carbons (Fsp3) is 0.429. The Hall–Kier alpha value is -1.48. The maximum Gasteiger partial charge on any atom is 0.138 e. The number of phenols is 1. The zero-order valence-corrected chi connectivity index (χ0v) is 10.3. The summed E-state index contributed by atoms with van der Waals surface area (Å²) in [5.74, 6) is 0.384. The topological polar surface area (TPSA) is 26.7 Å². The van der Waals surface area contributed by atoms with Gasteiger partial charge in [0.2, 0.25) is 0 Å². The van der Waals surface area contributed by atoms with Crippen LogP contribution in [0, 0.1) is 0 Å². The summed E-state index contributed by atoms with van der Waals surface area (Å²) in [5, 5.41) is 9.80. The minimum absolute atomic E-state index is 0.384. The quantitative estimate of drug-likeness (QED) is 0.808. The van der Waals surface area contributed by atoms with Gasteiger partial charge in [0.15, 0.2) is 0 Å². The van der Waals surface area contributed by atoms with Crippen molar-refractivity contribution in [1.82, 2.24) is 4.90 Å². The van der Waals surface area contributed by atoms with Gasteiger partial charge in [0.1, 0.15) is 5.75 Å². The van der Waals surface area contributed by atoms with Gasteiger partial charge in [-0.15, -0.1) is 0 Å². The first kappa shape index (κ1) is 12.0. The molecule has 1 saturated heterocycles. The normalized spacial score (nSPS) is 17.8. The molecule has 1 aliphatic rings. The third kappa shape index (κ3) is 3.01. The van der Waals surface area contributed by atoms with Crippen LogP contribution < -0.4 is 4.90 Å². The Morgan fingerprint density at radius 3 is 2.53 bits per heavy atom. The van der Waals surface area contributed by atoms with Gasteiger partial charge in [0.25, 0.3) is 0 Å². The third-order valence-electron chi connectivity index (χ3n) is 3.19.